The Kier molecular flexibility index (Phi) is 4.61. The van der Waals surface area contributed by atoms with Gasteiger partial charge in [0.25, 0.3) is 0 Å². The highest BCUT2D eigenvalue weighted by Crippen LogP contribution is 2.28. The predicted octanol–water partition coefficient (Wildman–Crippen LogP) is 4.60. The van der Waals surface area contributed by atoms with Crippen molar-refractivity contribution in [2.75, 3.05) is 0 Å². The molecule has 1 nitrogen and oxygen atoms in total. The molecule has 20 heavy (non-hydrogen) atoms. The number of hydrogen-bond donors (Lipinski definition) is 0. The highest BCUT2D eigenvalue weighted by Gasteiger charge is 2.26. The fraction of sp³-hybridized carbons (Fsp3) is 0.278. The van der Waals surface area contributed by atoms with Gasteiger partial charge < -0.3 is 4.79 Å². The van der Waals surface area contributed by atoms with E-state index in [2.05, 4.69) is 31.2 Å². The van der Waals surface area contributed by atoms with Crippen LogP contribution < -0.4 is 0 Å². The third-order valence-corrected chi connectivity index (χ3v) is 3.98. The van der Waals surface area contributed by atoms with E-state index in [1.54, 1.807) is 0 Å². The van der Waals surface area contributed by atoms with Gasteiger partial charge in [0.2, 0.25) is 0 Å². The van der Waals surface area contributed by atoms with Crippen molar-refractivity contribution >= 4 is 17.9 Å². The lowest BCUT2D eigenvalue weighted by Crippen LogP contribution is -2.26. The summed E-state index contributed by atoms with van der Waals surface area (Å²) in [5.74, 6) is 0. The molecular weight excluding hydrogens is 268 g/mol. The normalized spacial score (nSPS) is 13.8. The first kappa shape index (κ1) is 14.8. The van der Waals surface area contributed by atoms with Crippen LogP contribution in [0.4, 0.5) is 0 Å². The smallest absolute Gasteiger partial charge is 0.130 e. The molecule has 2 aromatic carbocycles. The number of carbonyl (C=O) groups excluding carboxylic acids is 1. The largest absolute Gasteiger partial charge is 0.302 e. The number of halogens is 1. The minimum Gasteiger partial charge on any atom is -0.302 e. The number of rotatable bonds is 5. The SMILES string of the molecule is CCc1ccc(CC(C)(C=O)c2cccc(Cl)c2)cc1. The first-order valence-corrected chi connectivity index (χ1v) is 7.25. The van der Waals surface area contributed by atoms with Gasteiger partial charge >= 0.3 is 0 Å². The van der Waals surface area contributed by atoms with Crippen LogP contribution in [0.25, 0.3) is 0 Å². The van der Waals surface area contributed by atoms with Crippen LogP contribution in [0, 0.1) is 0 Å². The second kappa shape index (κ2) is 6.23. The van der Waals surface area contributed by atoms with Gasteiger partial charge in [0.15, 0.2) is 0 Å². The van der Waals surface area contributed by atoms with E-state index in [4.69, 9.17) is 11.6 Å². The molecule has 0 amide bonds. The molecule has 0 aliphatic carbocycles. The van der Waals surface area contributed by atoms with E-state index in [0.717, 1.165) is 23.8 Å². The van der Waals surface area contributed by atoms with Crippen molar-refractivity contribution in [1.82, 2.24) is 0 Å². The molecular formula is C18H19ClO. The number of hydrogen-bond acceptors (Lipinski definition) is 1. The molecule has 104 valence electrons. The number of carbonyl (C=O) groups is 1. The van der Waals surface area contributed by atoms with Crippen molar-refractivity contribution in [2.24, 2.45) is 0 Å². The highest BCUT2D eigenvalue weighted by atomic mass is 35.5. The number of aryl methyl sites for hydroxylation is 1. The van der Waals surface area contributed by atoms with Gasteiger partial charge in [-0.1, -0.05) is 54.9 Å². The average Bonchev–Trinajstić information content (AvgIpc) is 2.48. The van der Waals surface area contributed by atoms with Crippen LogP contribution in [0.3, 0.4) is 0 Å². The van der Waals surface area contributed by atoms with Gasteiger partial charge in [-0.25, -0.2) is 0 Å². The van der Waals surface area contributed by atoms with E-state index >= 15 is 0 Å². The van der Waals surface area contributed by atoms with Gasteiger partial charge in [-0.2, -0.15) is 0 Å². The van der Waals surface area contributed by atoms with Crippen LogP contribution in [0.2, 0.25) is 5.02 Å². The first-order chi connectivity index (χ1) is 9.57. The van der Waals surface area contributed by atoms with Crippen LogP contribution in [0.15, 0.2) is 48.5 Å². The third kappa shape index (κ3) is 3.29. The summed E-state index contributed by atoms with van der Waals surface area (Å²) < 4.78 is 0. The van der Waals surface area contributed by atoms with Gasteiger partial charge in [-0.3, -0.25) is 0 Å². The Balaban J connectivity index is 2.28. The molecule has 0 bridgehead atoms. The fourth-order valence-electron chi connectivity index (χ4n) is 2.37. The Morgan fingerprint density at radius 1 is 1.10 bits per heavy atom. The van der Waals surface area contributed by atoms with Crippen LogP contribution in [0.5, 0.6) is 0 Å². The maximum atomic E-state index is 11.6. The lowest BCUT2D eigenvalue weighted by Gasteiger charge is -2.24. The molecule has 0 aliphatic heterocycles. The molecule has 2 rings (SSSR count). The van der Waals surface area contributed by atoms with Gasteiger partial charge in [0, 0.05) is 5.02 Å². The van der Waals surface area contributed by atoms with Crippen molar-refractivity contribution in [2.45, 2.75) is 32.1 Å². The first-order valence-electron chi connectivity index (χ1n) is 6.87. The zero-order valence-corrected chi connectivity index (χ0v) is 12.7. The Morgan fingerprint density at radius 3 is 2.30 bits per heavy atom. The topological polar surface area (TPSA) is 17.1 Å². The van der Waals surface area contributed by atoms with Crippen molar-refractivity contribution in [3.63, 3.8) is 0 Å². The minimum absolute atomic E-state index is 0.543. The Hall–Kier alpha value is -1.60. The molecule has 0 aliphatic rings. The summed E-state index contributed by atoms with van der Waals surface area (Å²) >= 11 is 6.03. The molecule has 1 unspecified atom stereocenters. The molecule has 0 N–H and O–H groups in total. The van der Waals surface area contributed by atoms with Crippen LogP contribution in [0.1, 0.15) is 30.5 Å². The lowest BCUT2D eigenvalue weighted by atomic mass is 9.78. The van der Waals surface area contributed by atoms with Crippen molar-refractivity contribution in [1.29, 1.82) is 0 Å². The zero-order chi connectivity index (χ0) is 14.6. The fourth-order valence-corrected chi connectivity index (χ4v) is 2.56. The summed E-state index contributed by atoms with van der Waals surface area (Å²) in [6, 6.07) is 16.0. The molecule has 0 saturated heterocycles. The summed E-state index contributed by atoms with van der Waals surface area (Å²) in [6.45, 7) is 4.09. The standard InChI is InChI=1S/C18H19ClO/c1-3-14-7-9-15(10-8-14)12-18(2,13-20)16-5-4-6-17(19)11-16/h4-11,13H,3,12H2,1-2H3. The maximum Gasteiger partial charge on any atom is 0.130 e. The molecule has 0 saturated carbocycles. The third-order valence-electron chi connectivity index (χ3n) is 3.75. The second-order valence-corrected chi connectivity index (χ2v) is 5.83. The molecule has 2 heteroatoms. The van der Waals surface area contributed by atoms with E-state index in [9.17, 15) is 4.79 Å². The molecule has 0 fully saturated rings. The Bertz CT molecular complexity index is 589. The molecule has 2 aromatic rings. The van der Waals surface area contributed by atoms with Gasteiger partial charge in [0.1, 0.15) is 6.29 Å². The summed E-state index contributed by atoms with van der Waals surface area (Å²) in [7, 11) is 0. The van der Waals surface area contributed by atoms with Gasteiger partial charge in [0.05, 0.1) is 5.41 Å². The summed E-state index contributed by atoms with van der Waals surface area (Å²) in [5.41, 5.74) is 2.89. The van der Waals surface area contributed by atoms with Crippen LogP contribution >= 0.6 is 11.6 Å². The molecule has 0 heterocycles. The minimum atomic E-state index is -0.543. The van der Waals surface area contributed by atoms with Crippen molar-refractivity contribution in [3.05, 3.63) is 70.2 Å². The van der Waals surface area contributed by atoms with Crippen LogP contribution in [-0.4, -0.2) is 6.29 Å². The van der Waals surface area contributed by atoms with Crippen molar-refractivity contribution < 1.29 is 4.79 Å². The summed E-state index contributed by atoms with van der Waals surface area (Å²) in [4.78, 5) is 11.6. The van der Waals surface area contributed by atoms with Gasteiger partial charge in [-0.15, -0.1) is 0 Å². The van der Waals surface area contributed by atoms with Crippen molar-refractivity contribution in [3.8, 4) is 0 Å². The quantitative estimate of drug-likeness (QED) is 0.734. The zero-order valence-electron chi connectivity index (χ0n) is 11.9. The molecule has 0 spiro atoms. The molecule has 1 atom stereocenters. The van der Waals surface area contributed by atoms with E-state index in [1.807, 2.05) is 31.2 Å². The number of aldehydes is 1. The maximum absolute atomic E-state index is 11.6. The molecule has 0 radical (unpaired) electrons. The second-order valence-electron chi connectivity index (χ2n) is 5.39. The Morgan fingerprint density at radius 2 is 1.75 bits per heavy atom. The van der Waals surface area contributed by atoms with E-state index < -0.39 is 5.41 Å². The molecule has 0 aromatic heterocycles. The van der Waals surface area contributed by atoms with E-state index in [0.29, 0.717) is 11.4 Å². The van der Waals surface area contributed by atoms with Crippen LogP contribution in [-0.2, 0) is 23.1 Å². The van der Waals surface area contributed by atoms with E-state index in [-0.39, 0.29) is 0 Å². The van der Waals surface area contributed by atoms with Gasteiger partial charge in [-0.05, 0) is 48.6 Å². The number of benzene rings is 2. The summed E-state index contributed by atoms with van der Waals surface area (Å²) in [5, 5.41) is 0.664. The lowest BCUT2D eigenvalue weighted by molar-refractivity contribution is -0.112. The van der Waals surface area contributed by atoms with E-state index in [1.165, 1.54) is 5.56 Å². The summed E-state index contributed by atoms with van der Waals surface area (Å²) in [6.07, 6.45) is 2.73. The monoisotopic (exact) mass is 286 g/mol. The Labute approximate surface area is 125 Å². The predicted molar refractivity (Wildman–Crippen MR) is 84.4 cm³/mol. The highest BCUT2D eigenvalue weighted by molar-refractivity contribution is 6.30. The average molecular weight is 287 g/mol.